The van der Waals surface area contributed by atoms with Crippen molar-refractivity contribution in [3.8, 4) is 5.75 Å². The van der Waals surface area contributed by atoms with E-state index in [4.69, 9.17) is 4.74 Å². The van der Waals surface area contributed by atoms with Gasteiger partial charge >= 0.3 is 0 Å². The molecule has 6 heteroatoms. The normalized spacial score (nSPS) is 20.9. The van der Waals surface area contributed by atoms with Crippen LogP contribution in [0.5, 0.6) is 5.75 Å². The Bertz CT molecular complexity index is 411. The van der Waals surface area contributed by atoms with Gasteiger partial charge in [-0.3, -0.25) is 0 Å². The van der Waals surface area contributed by atoms with Gasteiger partial charge in [-0.05, 0) is 13.3 Å². The van der Waals surface area contributed by atoms with Gasteiger partial charge in [0.2, 0.25) is 5.75 Å². The summed E-state index contributed by atoms with van der Waals surface area (Å²) in [5.74, 6) is 2.43. The zero-order valence-corrected chi connectivity index (χ0v) is 11.1. The first-order valence-corrected chi connectivity index (χ1v) is 6.17. The monoisotopic (exact) mass is 252 g/mol. The van der Waals surface area contributed by atoms with Crippen LogP contribution in [0, 0.1) is 5.92 Å². The van der Waals surface area contributed by atoms with E-state index in [0.717, 1.165) is 25.3 Å². The molecule has 100 valence electrons. The minimum Gasteiger partial charge on any atom is -0.490 e. The molecule has 0 spiro atoms. The molecule has 1 fully saturated rings. The van der Waals surface area contributed by atoms with Crippen LogP contribution in [-0.2, 0) is 0 Å². The summed E-state index contributed by atoms with van der Waals surface area (Å²) in [7, 11) is 3.42. The number of aromatic nitrogens is 2. The van der Waals surface area contributed by atoms with E-state index < -0.39 is 0 Å². The molecule has 2 unspecified atom stereocenters. The molecule has 1 aromatic heterocycles. The number of aliphatic hydroxyl groups excluding tert-OH is 1. The third kappa shape index (κ3) is 2.33. The molecule has 2 atom stereocenters. The van der Waals surface area contributed by atoms with Crippen molar-refractivity contribution in [2.24, 2.45) is 5.92 Å². The minimum absolute atomic E-state index is 0.286. The smallest absolute Gasteiger partial charge is 0.204 e. The van der Waals surface area contributed by atoms with Crippen molar-refractivity contribution in [2.45, 2.75) is 19.4 Å². The number of nitrogens with one attached hydrogen (secondary N) is 1. The van der Waals surface area contributed by atoms with Gasteiger partial charge < -0.3 is 20.1 Å². The van der Waals surface area contributed by atoms with Crippen molar-refractivity contribution in [3.05, 3.63) is 6.33 Å². The Kier molecular flexibility index (Phi) is 3.86. The van der Waals surface area contributed by atoms with Crippen LogP contribution in [0.15, 0.2) is 6.33 Å². The van der Waals surface area contributed by atoms with Gasteiger partial charge in [0.15, 0.2) is 11.6 Å². The molecular formula is C12H20N4O2. The molecule has 18 heavy (non-hydrogen) atoms. The Morgan fingerprint density at radius 3 is 2.89 bits per heavy atom. The van der Waals surface area contributed by atoms with E-state index in [2.05, 4.69) is 20.2 Å². The highest BCUT2D eigenvalue weighted by Gasteiger charge is 2.29. The summed E-state index contributed by atoms with van der Waals surface area (Å²) in [6.07, 6.45) is 2.21. The number of anilines is 2. The van der Waals surface area contributed by atoms with Gasteiger partial charge in [0, 0.05) is 26.1 Å². The second-order valence-electron chi connectivity index (χ2n) is 4.56. The van der Waals surface area contributed by atoms with Gasteiger partial charge in [-0.25, -0.2) is 9.97 Å². The molecule has 0 bridgehead atoms. The maximum atomic E-state index is 9.64. The third-order valence-corrected chi connectivity index (χ3v) is 3.43. The van der Waals surface area contributed by atoms with Crippen LogP contribution in [0.2, 0.25) is 0 Å². The summed E-state index contributed by atoms with van der Waals surface area (Å²) in [5, 5.41) is 12.6. The third-order valence-electron chi connectivity index (χ3n) is 3.43. The maximum absolute atomic E-state index is 9.64. The molecule has 0 aliphatic carbocycles. The van der Waals surface area contributed by atoms with E-state index in [0.29, 0.717) is 17.5 Å². The lowest BCUT2D eigenvalue weighted by atomic mass is 10.0. The van der Waals surface area contributed by atoms with E-state index in [1.54, 1.807) is 14.2 Å². The van der Waals surface area contributed by atoms with Crippen LogP contribution in [0.1, 0.15) is 13.3 Å². The van der Waals surface area contributed by atoms with Crippen LogP contribution < -0.4 is 15.0 Å². The molecule has 0 radical (unpaired) electrons. The number of hydrogen-bond donors (Lipinski definition) is 2. The predicted molar refractivity (Wildman–Crippen MR) is 70.1 cm³/mol. The first kappa shape index (κ1) is 12.9. The lowest BCUT2D eigenvalue weighted by molar-refractivity contribution is 0.136. The van der Waals surface area contributed by atoms with Crippen molar-refractivity contribution in [1.29, 1.82) is 0 Å². The zero-order chi connectivity index (χ0) is 13.1. The number of rotatable bonds is 4. The van der Waals surface area contributed by atoms with Crippen LogP contribution in [-0.4, -0.2) is 48.4 Å². The summed E-state index contributed by atoms with van der Waals surface area (Å²) < 4.78 is 5.38. The van der Waals surface area contributed by atoms with Gasteiger partial charge in [0.05, 0.1) is 13.2 Å². The van der Waals surface area contributed by atoms with Crippen LogP contribution >= 0.6 is 0 Å². The Balaban J connectivity index is 2.24. The van der Waals surface area contributed by atoms with E-state index in [1.165, 1.54) is 6.33 Å². The lowest BCUT2D eigenvalue weighted by Crippen LogP contribution is -2.25. The van der Waals surface area contributed by atoms with E-state index in [-0.39, 0.29) is 6.10 Å². The Hall–Kier alpha value is -1.56. The molecule has 0 amide bonds. The average molecular weight is 252 g/mol. The molecule has 6 nitrogen and oxygen atoms in total. The largest absolute Gasteiger partial charge is 0.490 e. The summed E-state index contributed by atoms with van der Waals surface area (Å²) in [5.41, 5.74) is 0. The molecular weight excluding hydrogens is 232 g/mol. The summed E-state index contributed by atoms with van der Waals surface area (Å²) in [6.45, 7) is 3.52. The SMILES string of the molecule is CNc1ncnc(N2CCC(C(C)O)C2)c1OC. The van der Waals surface area contributed by atoms with Gasteiger partial charge in [0.1, 0.15) is 6.33 Å². The van der Waals surface area contributed by atoms with Crippen molar-refractivity contribution in [1.82, 2.24) is 9.97 Å². The maximum Gasteiger partial charge on any atom is 0.204 e. The second kappa shape index (κ2) is 5.39. The summed E-state index contributed by atoms with van der Waals surface area (Å²) in [6, 6.07) is 0. The minimum atomic E-state index is -0.286. The fourth-order valence-corrected chi connectivity index (χ4v) is 2.33. The molecule has 0 aromatic carbocycles. The van der Waals surface area contributed by atoms with Gasteiger partial charge in [0.25, 0.3) is 0 Å². The van der Waals surface area contributed by atoms with Crippen LogP contribution in [0.4, 0.5) is 11.6 Å². The van der Waals surface area contributed by atoms with E-state index in [9.17, 15) is 5.11 Å². The van der Waals surface area contributed by atoms with E-state index in [1.807, 2.05) is 6.92 Å². The Morgan fingerprint density at radius 1 is 1.56 bits per heavy atom. The highest BCUT2D eigenvalue weighted by Crippen LogP contribution is 2.34. The number of ether oxygens (including phenoxy) is 1. The first-order chi connectivity index (χ1) is 8.67. The van der Waals surface area contributed by atoms with Gasteiger partial charge in [-0.1, -0.05) is 0 Å². The fraction of sp³-hybridized carbons (Fsp3) is 0.667. The standard InChI is InChI=1S/C12H20N4O2/c1-8(17)9-4-5-16(6-9)12-10(18-3)11(13-2)14-7-15-12/h7-9,17H,4-6H2,1-3H3,(H,13,14,15). The second-order valence-corrected chi connectivity index (χ2v) is 4.56. The van der Waals surface area contributed by atoms with Crippen LogP contribution in [0.3, 0.4) is 0 Å². The highest BCUT2D eigenvalue weighted by atomic mass is 16.5. The lowest BCUT2D eigenvalue weighted by Gasteiger charge is -2.21. The quantitative estimate of drug-likeness (QED) is 0.823. The number of methoxy groups -OCH3 is 1. The van der Waals surface area contributed by atoms with Crippen molar-refractivity contribution in [2.75, 3.05) is 37.5 Å². The average Bonchev–Trinajstić information content (AvgIpc) is 2.87. The number of aliphatic hydroxyl groups is 1. The molecule has 0 saturated carbocycles. The fourth-order valence-electron chi connectivity index (χ4n) is 2.33. The van der Waals surface area contributed by atoms with Crippen molar-refractivity contribution in [3.63, 3.8) is 0 Å². The molecule has 1 saturated heterocycles. The highest BCUT2D eigenvalue weighted by molar-refractivity contribution is 5.64. The van der Waals surface area contributed by atoms with Crippen molar-refractivity contribution < 1.29 is 9.84 Å². The number of nitrogens with zero attached hydrogens (tertiary/aromatic N) is 3. The topological polar surface area (TPSA) is 70.5 Å². The summed E-state index contributed by atoms with van der Waals surface area (Å²) >= 11 is 0. The molecule has 2 N–H and O–H groups in total. The molecule has 1 aliphatic rings. The van der Waals surface area contributed by atoms with Crippen LogP contribution in [0.25, 0.3) is 0 Å². The first-order valence-electron chi connectivity index (χ1n) is 6.17. The Morgan fingerprint density at radius 2 is 2.33 bits per heavy atom. The van der Waals surface area contributed by atoms with Crippen molar-refractivity contribution >= 4 is 11.6 Å². The summed E-state index contributed by atoms with van der Waals surface area (Å²) in [4.78, 5) is 10.6. The van der Waals surface area contributed by atoms with Gasteiger partial charge in [-0.15, -0.1) is 0 Å². The molecule has 1 aliphatic heterocycles. The predicted octanol–water partition coefficient (Wildman–Crippen LogP) is 0.734. The van der Waals surface area contributed by atoms with E-state index >= 15 is 0 Å². The van der Waals surface area contributed by atoms with Gasteiger partial charge in [-0.2, -0.15) is 0 Å². The number of hydrogen-bond acceptors (Lipinski definition) is 6. The zero-order valence-electron chi connectivity index (χ0n) is 11.1. The molecule has 2 heterocycles. The molecule has 2 rings (SSSR count). The molecule has 1 aromatic rings. The Labute approximate surface area is 107 Å².